The van der Waals surface area contributed by atoms with E-state index in [1.54, 1.807) is 35.3 Å². The first-order valence-electron chi connectivity index (χ1n) is 7.90. The highest BCUT2D eigenvalue weighted by Gasteiger charge is 2.09. The quantitative estimate of drug-likeness (QED) is 0.598. The van der Waals surface area contributed by atoms with Crippen molar-refractivity contribution in [2.75, 3.05) is 11.9 Å². The summed E-state index contributed by atoms with van der Waals surface area (Å²) in [7, 11) is 0. The Bertz CT molecular complexity index is 909. The average Bonchev–Trinajstić information content (AvgIpc) is 3.19. The van der Waals surface area contributed by atoms with Crippen molar-refractivity contribution >= 4 is 17.6 Å². The molecule has 132 valence electrons. The maximum atomic E-state index is 12.4. The van der Waals surface area contributed by atoms with E-state index in [1.165, 1.54) is 6.33 Å². The van der Waals surface area contributed by atoms with E-state index in [0.717, 1.165) is 11.3 Å². The van der Waals surface area contributed by atoms with Crippen LogP contribution in [0, 0.1) is 0 Å². The highest BCUT2D eigenvalue weighted by molar-refractivity contribution is 5.95. The number of nitrogens with zero attached hydrogens (tertiary/aromatic N) is 3. The van der Waals surface area contributed by atoms with Crippen LogP contribution in [0.4, 0.5) is 5.69 Å². The molecule has 0 spiro atoms. The molecular formula is C18H17N5O3. The number of nitrogens with one attached hydrogen (secondary N) is 2. The van der Waals surface area contributed by atoms with Crippen LogP contribution in [0.15, 0.2) is 61.2 Å². The van der Waals surface area contributed by atoms with Crippen molar-refractivity contribution in [1.29, 1.82) is 0 Å². The molecule has 0 bridgehead atoms. The number of carbonyl (C=O) groups excluding carboxylic acids is 1. The van der Waals surface area contributed by atoms with Gasteiger partial charge in [-0.1, -0.05) is 24.3 Å². The number of benzene rings is 2. The molecule has 0 unspecified atom stereocenters. The first kappa shape index (κ1) is 17.2. The van der Waals surface area contributed by atoms with E-state index < -0.39 is 5.97 Å². The van der Waals surface area contributed by atoms with Crippen molar-refractivity contribution in [1.82, 2.24) is 20.1 Å². The molecule has 0 radical (unpaired) electrons. The van der Waals surface area contributed by atoms with Gasteiger partial charge in [-0.25, -0.2) is 9.67 Å². The smallest absolute Gasteiger partial charge is 0.322 e. The number of amides is 1. The lowest BCUT2D eigenvalue weighted by Crippen LogP contribution is -2.23. The van der Waals surface area contributed by atoms with Gasteiger partial charge in [0.05, 0.1) is 5.69 Å². The predicted octanol–water partition coefficient (Wildman–Crippen LogP) is 1.69. The molecular weight excluding hydrogens is 334 g/mol. The van der Waals surface area contributed by atoms with Crippen LogP contribution in [-0.4, -0.2) is 38.3 Å². The third-order valence-electron chi connectivity index (χ3n) is 3.67. The van der Waals surface area contributed by atoms with E-state index in [1.807, 2.05) is 24.3 Å². The molecule has 3 rings (SSSR count). The summed E-state index contributed by atoms with van der Waals surface area (Å²) in [4.78, 5) is 27.0. The lowest BCUT2D eigenvalue weighted by molar-refractivity contribution is -0.134. The largest absolute Gasteiger partial charge is 0.480 e. The van der Waals surface area contributed by atoms with Crippen LogP contribution in [-0.2, 0) is 11.3 Å². The second kappa shape index (κ2) is 7.93. The number of carboxylic acids is 1. The van der Waals surface area contributed by atoms with Crippen molar-refractivity contribution in [3.05, 3.63) is 72.3 Å². The van der Waals surface area contributed by atoms with Gasteiger partial charge in [-0.3, -0.25) is 9.59 Å². The van der Waals surface area contributed by atoms with Crippen molar-refractivity contribution in [3.8, 4) is 5.69 Å². The van der Waals surface area contributed by atoms with E-state index in [9.17, 15) is 9.59 Å². The Balaban J connectivity index is 1.68. The van der Waals surface area contributed by atoms with E-state index >= 15 is 0 Å². The normalized spacial score (nSPS) is 10.3. The Hall–Kier alpha value is -3.68. The molecule has 1 aromatic heterocycles. The average molecular weight is 351 g/mol. The summed E-state index contributed by atoms with van der Waals surface area (Å²) >= 11 is 0. The zero-order chi connectivity index (χ0) is 18.4. The topological polar surface area (TPSA) is 109 Å². The van der Waals surface area contributed by atoms with Gasteiger partial charge < -0.3 is 15.7 Å². The molecule has 1 amide bonds. The monoisotopic (exact) mass is 351 g/mol. The predicted molar refractivity (Wildman–Crippen MR) is 95.1 cm³/mol. The Morgan fingerprint density at radius 1 is 1.12 bits per heavy atom. The minimum atomic E-state index is -0.968. The van der Waals surface area contributed by atoms with Gasteiger partial charge in [0.15, 0.2) is 0 Å². The number of hydrogen-bond acceptors (Lipinski definition) is 5. The Morgan fingerprint density at radius 2 is 1.96 bits per heavy atom. The SMILES string of the molecule is O=C(O)CNc1cccc(C(=O)NCc2ccccc2-n2cncn2)c1. The summed E-state index contributed by atoms with van der Waals surface area (Å²) in [5, 5.41) is 18.4. The van der Waals surface area contributed by atoms with E-state index in [2.05, 4.69) is 20.7 Å². The molecule has 1 heterocycles. The summed E-state index contributed by atoms with van der Waals surface area (Å²) in [5.74, 6) is -1.22. The second-order valence-corrected chi connectivity index (χ2v) is 5.48. The highest BCUT2D eigenvalue weighted by Crippen LogP contribution is 2.14. The number of aliphatic carboxylic acids is 1. The number of aromatic nitrogens is 3. The molecule has 0 saturated carbocycles. The second-order valence-electron chi connectivity index (χ2n) is 5.48. The Morgan fingerprint density at radius 3 is 2.73 bits per heavy atom. The Kier molecular flexibility index (Phi) is 5.23. The van der Waals surface area contributed by atoms with Gasteiger partial charge in [0, 0.05) is 17.8 Å². The molecule has 0 fully saturated rings. The van der Waals surface area contributed by atoms with Crippen molar-refractivity contribution in [2.24, 2.45) is 0 Å². The van der Waals surface area contributed by atoms with Gasteiger partial charge in [-0.2, -0.15) is 5.10 Å². The van der Waals surface area contributed by atoms with Crippen LogP contribution in [0.2, 0.25) is 0 Å². The molecule has 0 aliphatic rings. The Labute approximate surface area is 149 Å². The molecule has 2 aromatic carbocycles. The first-order valence-corrected chi connectivity index (χ1v) is 7.90. The number of hydrogen-bond donors (Lipinski definition) is 3. The molecule has 3 aromatic rings. The number of carboxylic acid groups (broad SMARTS) is 1. The molecule has 0 aliphatic carbocycles. The van der Waals surface area contributed by atoms with E-state index in [-0.39, 0.29) is 12.5 Å². The van der Waals surface area contributed by atoms with E-state index in [4.69, 9.17) is 5.11 Å². The maximum absolute atomic E-state index is 12.4. The minimum absolute atomic E-state index is 0.212. The van der Waals surface area contributed by atoms with Crippen LogP contribution in [0.5, 0.6) is 0 Å². The van der Waals surface area contributed by atoms with E-state index in [0.29, 0.717) is 17.8 Å². The number of para-hydroxylation sites is 1. The van der Waals surface area contributed by atoms with Crippen LogP contribution in [0.1, 0.15) is 15.9 Å². The fourth-order valence-electron chi connectivity index (χ4n) is 2.44. The van der Waals surface area contributed by atoms with Crippen LogP contribution < -0.4 is 10.6 Å². The van der Waals surface area contributed by atoms with Gasteiger partial charge in [0.1, 0.15) is 19.2 Å². The zero-order valence-electron chi connectivity index (χ0n) is 13.8. The molecule has 8 heteroatoms. The molecule has 26 heavy (non-hydrogen) atoms. The molecule has 0 atom stereocenters. The zero-order valence-corrected chi connectivity index (χ0v) is 13.8. The van der Waals surface area contributed by atoms with Crippen molar-refractivity contribution in [2.45, 2.75) is 6.54 Å². The third-order valence-corrected chi connectivity index (χ3v) is 3.67. The lowest BCUT2D eigenvalue weighted by atomic mass is 10.1. The summed E-state index contributed by atoms with van der Waals surface area (Å²) in [5.41, 5.74) is 2.75. The van der Waals surface area contributed by atoms with Crippen LogP contribution >= 0.6 is 0 Å². The van der Waals surface area contributed by atoms with Gasteiger partial charge in [0.25, 0.3) is 5.91 Å². The van der Waals surface area contributed by atoms with Gasteiger partial charge in [0.2, 0.25) is 0 Å². The maximum Gasteiger partial charge on any atom is 0.322 e. The number of rotatable bonds is 7. The fourth-order valence-corrected chi connectivity index (χ4v) is 2.44. The minimum Gasteiger partial charge on any atom is -0.480 e. The lowest BCUT2D eigenvalue weighted by Gasteiger charge is -2.11. The standard InChI is InChI=1S/C18H17N5O3/c24-17(25)10-20-15-6-3-5-13(8-15)18(26)21-9-14-4-1-2-7-16(14)23-12-19-11-22-23/h1-8,11-12,20H,9-10H2,(H,21,26)(H,24,25). The first-order chi connectivity index (χ1) is 12.6. The molecule has 0 saturated heterocycles. The third kappa shape index (κ3) is 4.23. The number of carbonyl (C=O) groups is 2. The summed E-state index contributed by atoms with van der Waals surface area (Å²) < 4.78 is 1.64. The molecule has 8 nitrogen and oxygen atoms in total. The summed E-state index contributed by atoms with van der Waals surface area (Å²) in [6.45, 7) is 0.109. The highest BCUT2D eigenvalue weighted by atomic mass is 16.4. The van der Waals surface area contributed by atoms with Gasteiger partial charge >= 0.3 is 5.97 Å². The van der Waals surface area contributed by atoms with Gasteiger partial charge in [-0.05, 0) is 29.8 Å². The summed E-state index contributed by atoms with van der Waals surface area (Å²) in [6.07, 6.45) is 3.04. The molecule has 0 aliphatic heterocycles. The fraction of sp³-hybridized carbons (Fsp3) is 0.111. The van der Waals surface area contributed by atoms with Crippen molar-refractivity contribution in [3.63, 3.8) is 0 Å². The van der Waals surface area contributed by atoms with Crippen LogP contribution in [0.3, 0.4) is 0 Å². The van der Waals surface area contributed by atoms with Crippen LogP contribution in [0.25, 0.3) is 5.69 Å². The van der Waals surface area contributed by atoms with Gasteiger partial charge in [-0.15, -0.1) is 0 Å². The summed E-state index contributed by atoms with van der Waals surface area (Å²) in [6, 6.07) is 14.3. The van der Waals surface area contributed by atoms with Crippen molar-refractivity contribution < 1.29 is 14.7 Å². The molecule has 3 N–H and O–H groups in total. The number of anilines is 1.